The first-order valence-electron chi connectivity index (χ1n) is 9.34. The Morgan fingerprint density at radius 1 is 1.24 bits per heavy atom. The minimum Gasteiger partial charge on any atom is -0.497 e. The van der Waals surface area contributed by atoms with E-state index in [2.05, 4.69) is 29.0 Å². The van der Waals surface area contributed by atoms with Gasteiger partial charge in [0.15, 0.2) is 11.0 Å². The predicted molar refractivity (Wildman–Crippen MR) is 117 cm³/mol. The number of carbonyl (C=O) groups excluding carboxylic acids is 1. The van der Waals surface area contributed by atoms with Gasteiger partial charge in [0, 0.05) is 17.8 Å². The van der Waals surface area contributed by atoms with E-state index in [9.17, 15) is 4.79 Å². The highest BCUT2D eigenvalue weighted by molar-refractivity contribution is 7.99. The number of hydrogen-bond acceptors (Lipinski definition) is 5. The monoisotopic (exact) mass is 408 g/mol. The van der Waals surface area contributed by atoms with Crippen molar-refractivity contribution in [3.8, 4) is 17.1 Å². The molecule has 3 rings (SSSR count). The largest absolute Gasteiger partial charge is 0.497 e. The molecule has 1 N–H and O–H groups in total. The Morgan fingerprint density at radius 2 is 2.03 bits per heavy atom. The van der Waals surface area contributed by atoms with Gasteiger partial charge in [0.05, 0.1) is 12.9 Å². The van der Waals surface area contributed by atoms with E-state index in [4.69, 9.17) is 4.74 Å². The zero-order valence-electron chi connectivity index (χ0n) is 16.6. The molecule has 0 aliphatic carbocycles. The van der Waals surface area contributed by atoms with Gasteiger partial charge in [-0.25, -0.2) is 0 Å². The van der Waals surface area contributed by atoms with Crippen LogP contribution in [0, 0.1) is 0 Å². The lowest BCUT2D eigenvalue weighted by Gasteiger charge is -2.09. The number of aryl methyl sites for hydroxylation is 1. The van der Waals surface area contributed by atoms with Crippen LogP contribution in [0.1, 0.15) is 12.5 Å². The van der Waals surface area contributed by atoms with Crippen LogP contribution in [0.4, 0.5) is 5.69 Å². The molecule has 1 heterocycles. The third kappa shape index (κ3) is 5.26. The molecule has 1 aromatic heterocycles. The number of allylic oxidation sites excluding steroid dienone is 1. The molecule has 150 valence electrons. The van der Waals surface area contributed by atoms with Crippen molar-refractivity contribution >= 4 is 23.4 Å². The molecule has 0 spiro atoms. The highest BCUT2D eigenvalue weighted by atomic mass is 32.2. The van der Waals surface area contributed by atoms with E-state index >= 15 is 0 Å². The number of thioether (sulfide) groups is 1. The Balaban J connectivity index is 1.70. The van der Waals surface area contributed by atoms with Gasteiger partial charge in [-0.3, -0.25) is 9.36 Å². The molecule has 7 heteroatoms. The number of hydrogen-bond donors (Lipinski definition) is 1. The summed E-state index contributed by atoms with van der Waals surface area (Å²) >= 11 is 1.35. The maximum absolute atomic E-state index is 12.3. The summed E-state index contributed by atoms with van der Waals surface area (Å²) in [5, 5.41) is 12.2. The number of nitrogens with zero attached hydrogens (tertiary/aromatic N) is 3. The maximum Gasteiger partial charge on any atom is 0.234 e. The van der Waals surface area contributed by atoms with Crippen molar-refractivity contribution in [3.63, 3.8) is 0 Å². The van der Waals surface area contributed by atoms with Gasteiger partial charge < -0.3 is 10.1 Å². The first kappa shape index (κ1) is 20.7. The highest BCUT2D eigenvalue weighted by Crippen LogP contribution is 2.26. The number of carbonyl (C=O) groups is 1. The Hall–Kier alpha value is -3.06. The number of anilines is 1. The second-order valence-corrected chi connectivity index (χ2v) is 7.27. The molecule has 29 heavy (non-hydrogen) atoms. The SMILES string of the molecule is C=CCn1c(SCC(=O)Nc2ccc(CC)cc2)nnc1-c1cccc(OC)c1. The van der Waals surface area contributed by atoms with E-state index in [0.29, 0.717) is 17.5 Å². The van der Waals surface area contributed by atoms with Crippen molar-refractivity contribution in [2.75, 3.05) is 18.2 Å². The van der Waals surface area contributed by atoms with Gasteiger partial charge in [0.1, 0.15) is 5.75 Å². The quantitative estimate of drug-likeness (QED) is 0.419. The van der Waals surface area contributed by atoms with Crippen LogP contribution < -0.4 is 10.1 Å². The zero-order valence-corrected chi connectivity index (χ0v) is 17.4. The van der Waals surface area contributed by atoms with Gasteiger partial charge in [-0.1, -0.05) is 49.0 Å². The van der Waals surface area contributed by atoms with E-state index in [1.165, 1.54) is 17.3 Å². The fourth-order valence-electron chi connectivity index (χ4n) is 2.82. The smallest absolute Gasteiger partial charge is 0.234 e. The number of aromatic nitrogens is 3. The lowest BCUT2D eigenvalue weighted by Crippen LogP contribution is -2.14. The van der Waals surface area contributed by atoms with Crippen molar-refractivity contribution in [2.24, 2.45) is 0 Å². The Labute approximate surface area is 175 Å². The van der Waals surface area contributed by atoms with Crippen LogP contribution in [-0.4, -0.2) is 33.5 Å². The zero-order chi connectivity index (χ0) is 20.6. The molecule has 0 unspecified atom stereocenters. The molecule has 0 aliphatic rings. The summed E-state index contributed by atoms with van der Waals surface area (Å²) in [6.07, 6.45) is 2.76. The number of methoxy groups -OCH3 is 1. The van der Waals surface area contributed by atoms with Crippen molar-refractivity contribution in [2.45, 2.75) is 25.0 Å². The van der Waals surface area contributed by atoms with Crippen molar-refractivity contribution in [1.29, 1.82) is 0 Å². The minimum atomic E-state index is -0.0877. The normalized spacial score (nSPS) is 10.6. The summed E-state index contributed by atoms with van der Waals surface area (Å²) in [7, 11) is 1.63. The molecule has 0 atom stereocenters. The lowest BCUT2D eigenvalue weighted by molar-refractivity contribution is -0.113. The summed E-state index contributed by atoms with van der Waals surface area (Å²) in [5.41, 5.74) is 2.92. The molecule has 1 amide bonds. The van der Waals surface area contributed by atoms with Gasteiger partial charge in [0.25, 0.3) is 0 Å². The first-order valence-corrected chi connectivity index (χ1v) is 10.3. The van der Waals surface area contributed by atoms with E-state index in [0.717, 1.165) is 23.4 Å². The number of ether oxygens (including phenoxy) is 1. The third-order valence-electron chi connectivity index (χ3n) is 4.33. The van der Waals surface area contributed by atoms with Crippen LogP contribution in [0.5, 0.6) is 5.75 Å². The van der Waals surface area contributed by atoms with E-state index in [1.54, 1.807) is 13.2 Å². The summed E-state index contributed by atoms with van der Waals surface area (Å²) in [5.74, 6) is 1.61. The number of rotatable bonds is 9. The Kier molecular flexibility index (Phi) is 7.08. The van der Waals surface area contributed by atoms with Gasteiger partial charge in [-0.05, 0) is 36.2 Å². The van der Waals surface area contributed by atoms with E-state index in [1.807, 2.05) is 53.1 Å². The molecule has 0 radical (unpaired) electrons. The average molecular weight is 409 g/mol. The number of amides is 1. The predicted octanol–water partition coefficient (Wildman–Crippen LogP) is 4.43. The van der Waals surface area contributed by atoms with Crippen LogP contribution >= 0.6 is 11.8 Å². The second kappa shape index (κ2) is 9.93. The molecule has 6 nitrogen and oxygen atoms in total. The van der Waals surface area contributed by atoms with Gasteiger partial charge >= 0.3 is 0 Å². The highest BCUT2D eigenvalue weighted by Gasteiger charge is 2.15. The average Bonchev–Trinajstić information content (AvgIpc) is 3.16. The lowest BCUT2D eigenvalue weighted by atomic mass is 10.1. The summed E-state index contributed by atoms with van der Waals surface area (Å²) in [6.45, 7) is 6.46. The van der Waals surface area contributed by atoms with Crippen molar-refractivity contribution < 1.29 is 9.53 Å². The molecular weight excluding hydrogens is 384 g/mol. The number of nitrogens with one attached hydrogen (secondary N) is 1. The molecular formula is C22H24N4O2S. The summed E-state index contributed by atoms with van der Waals surface area (Å²) in [6, 6.07) is 15.5. The fourth-order valence-corrected chi connectivity index (χ4v) is 3.56. The van der Waals surface area contributed by atoms with Crippen LogP contribution in [0.15, 0.2) is 66.3 Å². The summed E-state index contributed by atoms with van der Waals surface area (Å²) in [4.78, 5) is 12.3. The van der Waals surface area contributed by atoms with Gasteiger partial charge in [-0.2, -0.15) is 0 Å². The molecule has 0 saturated carbocycles. The van der Waals surface area contributed by atoms with E-state index < -0.39 is 0 Å². The molecule has 3 aromatic rings. The van der Waals surface area contributed by atoms with Crippen molar-refractivity contribution in [1.82, 2.24) is 14.8 Å². The van der Waals surface area contributed by atoms with E-state index in [-0.39, 0.29) is 11.7 Å². The first-order chi connectivity index (χ1) is 14.1. The molecule has 2 aromatic carbocycles. The van der Waals surface area contributed by atoms with Crippen molar-refractivity contribution in [3.05, 3.63) is 66.7 Å². The van der Waals surface area contributed by atoms with Gasteiger partial charge in [-0.15, -0.1) is 16.8 Å². The van der Waals surface area contributed by atoms with Crippen LogP contribution in [-0.2, 0) is 17.8 Å². The number of benzene rings is 2. The van der Waals surface area contributed by atoms with Crippen LogP contribution in [0.3, 0.4) is 0 Å². The minimum absolute atomic E-state index is 0.0877. The molecule has 0 bridgehead atoms. The van der Waals surface area contributed by atoms with Crippen LogP contribution in [0.2, 0.25) is 0 Å². The summed E-state index contributed by atoms with van der Waals surface area (Å²) < 4.78 is 7.24. The molecule has 0 fully saturated rings. The Bertz CT molecular complexity index is 983. The fraction of sp³-hybridized carbons (Fsp3) is 0.227. The Morgan fingerprint density at radius 3 is 2.72 bits per heavy atom. The maximum atomic E-state index is 12.3. The standard InChI is InChI=1S/C22H24N4O2S/c1-4-13-26-21(17-7-6-8-19(14-17)28-3)24-25-22(26)29-15-20(27)23-18-11-9-16(5-2)10-12-18/h4,6-12,14H,1,5,13,15H2,2-3H3,(H,23,27). The molecule has 0 saturated heterocycles. The van der Waals surface area contributed by atoms with Crippen LogP contribution in [0.25, 0.3) is 11.4 Å². The second-order valence-electron chi connectivity index (χ2n) is 6.32. The molecule has 0 aliphatic heterocycles. The topological polar surface area (TPSA) is 69.0 Å². The van der Waals surface area contributed by atoms with Gasteiger partial charge in [0.2, 0.25) is 5.91 Å². The third-order valence-corrected chi connectivity index (χ3v) is 5.30.